The van der Waals surface area contributed by atoms with Crippen LogP contribution in [-0.4, -0.2) is 52.7 Å². The molecule has 8 heteroatoms. The maximum atomic E-state index is 13.3. The maximum absolute atomic E-state index is 13.3. The summed E-state index contributed by atoms with van der Waals surface area (Å²) in [5.74, 6) is 1.96. The molecule has 1 fully saturated rings. The Morgan fingerprint density at radius 1 is 1.03 bits per heavy atom. The van der Waals surface area contributed by atoms with Gasteiger partial charge in [-0.05, 0) is 56.4 Å². The van der Waals surface area contributed by atoms with Crippen LogP contribution in [0.15, 0.2) is 53.7 Å². The van der Waals surface area contributed by atoms with E-state index in [1.165, 1.54) is 23.7 Å². The number of carbonyl (C=O) groups is 1. The Morgan fingerprint density at radius 2 is 1.76 bits per heavy atom. The number of piperidine rings is 1. The minimum absolute atomic E-state index is 0.0894. The number of thioether (sulfide) groups is 1. The zero-order valence-electron chi connectivity index (χ0n) is 19.1. The molecular weight excluding hydrogens is 434 g/mol. The second kappa shape index (κ2) is 9.47. The van der Waals surface area contributed by atoms with Gasteiger partial charge in [0.15, 0.2) is 5.16 Å². The van der Waals surface area contributed by atoms with Gasteiger partial charge in [0.05, 0.1) is 18.6 Å². The molecule has 0 bridgehead atoms. The van der Waals surface area contributed by atoms with Gasteiger partial charge in [-0.25, -0.2) is 0 Å². The van der Waals surface area contributed by atoms with E-state index >= 15 is 0 Å². The van der Waals surface area contributed by atoms with Crippen molar-refractivity contribution < 1.29 is 9.53 Å². The summed E-state index contributed by atoms with van der Waals surface area (Å²) < 4.78 is 7.69. The number of ether oxygens (including phenoxy) is 1. The molecule has 2 aliphatic rings. The van der Waals surface area contributed by atoms with Crippen molar-refractivity contribution in [3.8, 4) is 11.4 Å². The summed E-state index contributed by atoms with van der Waals surface area (Å²) in [6.45, 7) is 4.02. The van der Waals surface area contributed by atoms with Crippen LogP contribution in [0.3, 0.4) is 0 Å². The quantitative estimate of drug-likeness (QED) is 0.507. The van der Waals surface area contributed by atoms with Crippen molar-refractivity contribution in [1.82, 2.24) is 14.8 Å². The van der Waals surface area contributed by atoms with Gasteiger partial charge < -0.3 is 14.5 Å². The second-order valence-electron chi connectivity index (χ2n) is 8.57. The number of hydrogen-bond donors (Lipinski definition) is 0. The highest BCUT2D eigenvalue weighted by atomic mass is 32.2. The van der Waals surface area contributed by atoms with Crippen LogP contribution < -0.4 is 14.5 Å². The third kappa shape index (κ3) is 4.19. The van der Waals surface area contributed by atoms with Crippen molar-refractivity contribution in [3.05, 3.63) is 54.1 Å². The van der Waals surface area contributed by atoms with Crippen LogP contribution in [0.2, 0.25) is 0 Å². The summed E-state index contributed by atoms with van der Waals surface area (Å²) in [6, 6.07) is 16.2. The fraction of sp³-hybridized carbons (Fsp3) is 0.400. The average Bonchev–Trinajstić information content (AvgIpc) is 3.43. The van der Waals surface area contributed by atoms with Crippen LogP contribution in [0.25, 0.3) is 5.69 Å². The molecule has 1 aromatic heterocycles. The number of carbonyl (C=O) groups excluding carboxylic acids is 1. The van der Waals surface area contributed by atoms with Gasteiger partial charge in [0.1, 0.15) is 5.75 Å². The van der Waals surface area contributed by atoms with E-state index in [1.54, 1.807) is 7.11 Å². The molecule has 33 heavy (non-hydrogen) atoms. The van der Waals surface area contributed by atoms with E-state index in [4.69, 9.17) is 4.74 Å². The molecule has 0 saturated carbocycles. The first-order valence-corrected chi connectivity index (χ1v) is 12.5. The van der Waals surface area contributed by atoms with Gasteiger partial charge in [-0.15, -0.1) is 10.2 Å². The number of para-hydroxylation sites is 3. The number of fused-ring (bicyclic) bond motifs is 1. The molecule has 3 heterocycles. The fourth-order valence-corrected chi connectivity index (χ4v) is 5.62. The highest BCUT2D eigenvalue weighted by molar-refractivity contribution is 7.99. The molecule has 5 rings (SSSR count). The zero-order chi connectivity index (χ0) is 22.8. The van der Waals surface area contributed by atoms with Gasteiger partial charge >= 0.3 is 0 Å². The van der Waals surface area contributed by atoms with Crippen LogP contribution in [-0.2, 0) is 11.2 Å². The zero-order valence-corrected chi connectivity index (χ0v) is 19.9. The van der Waals surface area contributed by atoms with E-state index in [9.17, 15) is 4.79 Å². The first-order valence-electron chi connectivity index (χ1n) is 11.5. The van der Waals surface area contributed by atoms with E-state index in [0.717, 1.165) is 55.4 Å². The predicted molar refractivity (Wildman–Crippen MR) is 132 cm³/mol. The van der Waals surface area contributed by atoms with Crippen molar-refractivity contribution in [3.63, 3.8) is 0 Å². The summed E-state index contributed by atoms with van der Waals surface area (Å²) in [4.78, 5) is 17.5. The van der Waals surface area contributed by atoms with Crippen molar-refractivity contribution in [1.29, 1.82) is 0 Å². The van der Waals surface area contributed by atoms with Crippen LogP contribution in [0.4, 0.5) is 11.6 Å². The Hall–Kier alpha value is -3.00. The summed E-state index contributed by atoms with van der Waals surface area (Å²) in [6.07, 6.45) is 4.42. The summed E-state index contributed by atoms with van der Waals surface area (Å²) >= 11 is 1.43. The van der Waals surface area contributed by atoms with Crippen LogP contribution in [0.1, 0.15) is 31.7 Å². The van der Waals surface area contributed by atoms with Gasteiger partial charge in [0.25, 0.3) is 0 Å². The summed E-state index contributed by atoms with van der Waals surface area (Å²) in [5, 5.41) is 9.77. The van der Waals surface area contributed by atoms with Gasteiger partial charge in [0.2, 0.25) is 11.9 Å². The Bertz CT molecular complexity index is 1140. The minimum Gasteiger partial charge on any atom is -0.495 e. The van der Waals surface area contributed by atoms with Gasteiger partial charge in [-0.3, -0.25) is 9.36 Å². The molecule has 172 valence electrons. The summed E-state index contributed by atoms with van der Waals surface area (Å²) in [7, 11) is 1.67. The molecule has 1 amide bonds. The molecule has 7 nitrogen and oxygen atoms in total. The highest BCUT2D eigenvalue weighted by Crippen LogP contribution is 2.35. The Balaban J connectivity index is 1.44. The predicted octanol–water partition coefficient (Wildman–Crippen LogP) is 4.34. The monoisotopic (exact) mass is 463 g/mol. The Labute approximate surface area is 198 Å². The number of benzene rings is 2. The topological polar surface area (TPSA) is 63.5 Å². The van der Waals surface area contributed by atoms with Crippen molar-refractivity contribution in [2.75, 3.05) is 35.8 Å². The Morgan fingerprint density at radius 3 is 2.55 bits per heavy atom. The molecule has 2 aliphatic heterocycles. The first kappa shape index (κ1) is 21.8. The van der Waals surface area contributed by atoms with E-state index in [1.807, 2.05) is 51.9 Å². The molecule has 0 spiro atoms. The van der Waals surface area contributed by atoms with Crippen molar-refractivity contribution in [2.45, 2.75) is 43.8 Å². The Kier molecular flexibility index (Phi) is 6.26. The lowest BCUT2D eigenvalue weighted by atomic mass is 10.1. The van der Waals surface area contributed by atoms with E-state index in [0.29, 0.717) is 10.9 Å². The number of hydrogen-bond acceptors (Lipinski definition) is 6. The van der Waals surface area contributed by atoms with E-state index in [2.05, 4.69) is 28.1 Å². The number of aromatic nitrogens is 3. The SMILES string of the molecule is COc1ccccc1-n1c(SCC(=O)N2c3ccccc3CC2C)nnc1N1CCCCC1. The lowest BCUT2D eigenvalue weighted by molar-refractivity contribution is -0.116. The largest absolute Gasteiger partial charge is 0.495 e. The van der Waals surface area contributed by atoms with E-state index in [-0.39, 0.29) is 11.9 Å². The lowest BCUT2D eigenvalue weighted by Crippen LogP contribution is -2.37. The molecule has 2 aromatic carbocycles. The number of nitrogens with zero attached hydrogens (tertiary/aromatic N) is 5. The van der Waals surface area contributed by atoms with Gasteiger partial charge in [-0.1, -0.05) is 42.1 Å². The molecular formula is C25H29N5O2S. The number of amides is 1. The van der Waals surface area contributed by atoms with Gasteiger partial charge in [-0.2, -0.15) is 0 Å². The molecule has 1 atom stereocenters. The molecule has 1 unspecified atom stereocenters. The number of anilines is 2. The summed E-state index contributed by atoms with van der Waals surface area (Å²) in [5.41, 5.74) is 3.14. The van der Waals surface area contributed by atoms with Crippen LogP contribution in [0, 0.1) is 0 Å². The molecule has 3 aromatic rings. The first-order chi connectivity index (χ1) is 16.2. The van der Waals surface area contributed by atoms with Crippen molar-refractivity contribution >= 4 is 29.3 Å². The molecule has 1 saturated heterocycles. The third-order valence-corrected chi connectivity index (χ3v) is 7.30. The normalized spacial score (nSPS) is 17.8. The average molecular weight is 464 g/mol. The fourth-order valence-electron chi connectivity index (χ4n) is 4.82. The van der Waals surface area contributed by atoms with Crippen molar-refractivity contribution in [2.24, 2.45) is 0 Å². The maximum Gasteiger partial charge on any atom is 0.237 e. The molecule has 0 radical (unpaired) electrons. The smallest absolute Gasteiger partial charge is 0.237 e. The lowest BCUT2D eigenvalue weighted by Gasteiger charge is -2.28. The number of rotatable bonds is 6. The third-order valence-electron chi connectivity index (χ3n) is 6.38. The van der Waals surface area contributed by atoms with Crippen LogP contribution >= 0.6 is 11.8 Å². The molecule has 0 aliphatic carbocycles. The van der Waals surface area contributed by atoms with Gasteiger partial charge in [0, 0.05) is 24.8 Å². The minimum atomic E-state index is 0.0894. The van der Waals surface area contributed by atoms with Crippen LogP contribution in [0.5, 0.6) is 5.75 Å². The second-order valence-corrected chi connectivity index (χ2v) is 9.51. The standard InChI is InChI=1S/C25H29N5O2S/c1-18-16-19-10-4-5-11-20(19)29(18)23(31)17-33-25-27-26-24(28-14-8-3-9-15-28)30(25)21-12-6-7-13-22(21)32-2/h4-7,10-13,18H,3,8-9,14-17H2,1-2H3. The number of methoxy groups -OCH3 is 1. The highest BCUT2D eigenvalue weighted by Gasteiger charge is 2.31. The van der Waals surface area contributed by atoms with E-state index < -0.39 is 0 Å². The molecule has 0 N–H and O–H groups in total.